The van der Waals surface area contributed by atoms with Crippen molar-refractivity contribution in [2.45, 2.75) is 19.1 Å². The number of nitrogens with zero attached hydrogens (tertiary/aromatic N) is 2. The summed E-state index contributed by atoms with van der Waals surface area (Å²) in [7, 11) is 0. The van der Waals surface area contributed by atoms with Gasteiger partial charge in [-0.2, -0.15) is 18.4 Å². The van der Waals surface area contributed by atoms with Crippen LogP contribution >= 0.6 is 0 Å². The number of alkyl halides is 3. The van der Waals surface area contributed by atoms with Gasteiger partial charge >= 0.3 is 12.1 Å². The molecule has 0 amide bonds. The predicted molar refractivity (Wildman–Crippen MR) is 67.2 cm³/mol. The molecule has 1 atom stereocenters. The third-order valence-electron chi connectivity index (χ3n) is 3.76. The highest BCUT2D eigenvalue weighted by Crippen LogP contribution is 2.45. The fraction of sp³-hybridized carbons (Fsp3) is 0.429. The summed E-state index contributed by atoms with van der Waals surface area (Å²) in [6, 6.07) is 8.51. The zero-order valence-electron chi connectivity index (χ0n) is 11.0. The Labute approximate surface area is 119 Å². The molecule has 4 nitrogen and oxygen atoms in total. The number of hydrogen-bond donors (Lipinski definition) is 1. The van der Waals surface area contributed by atoms with Gasteiger partial charge in [0, 0.05) is 19.6 Å². The molecule has 1 unspecified atom stereocenters. The average molecular weight is 298 g/mol. The Balaban J connectivity index is 2.15. The molecule has 112 valence electrons. The quantitative estimate of drug-likeness (QED) is 0.930. The summed E-state index contributed by atoms with van der Waals surface area (Å²) in [6.45, 7) is -0.314. The van der Waals surface area contributed by atoms with Gasteiger partial charge in [0.1, 0.15) is 0 Å². The van der Waals surface area contributed by atoms with Crippen LogP contribution in [-0.4, -0.2) is 35.2 Å². The van der Waals surface area contributed by atoms with Crippen LogP contribution in [0.2, 0.25) is 0 Å². The van der Waals surface area contributed by atoms with E-state index in [2.05, 4.69) is 0 Å². The molecule has 1 aromatic rings. The molecule has 0 spiro atoms. The van der Waals surface area contributed by atoms with Gasteiger partial charge in [0.05, 0.1) is 11.6 Å². The Morgan fingerprint density at radius 2 is 2.19 bits per heavy atom. The second kappa shape index (κ2) is 5.37. The van der Waals surface area contributed by atoms with Crippen molar-refractivity contribution in [2.24, 2.45) is 5.41 Å². The second-order valence-electron chi connectivity index (χ2n) is 5.16. The van der Waals surface area contributed by atoms with Crippen LogP contribution in [-0.2, 0) is 11.3 Å². The molecule has 1 aliphatic rings. The van der Waals surface area contributed by atoms with Crippen molar-refractivity contribution in [3.63, 3.8) is 0 Å². The predicted octanol–water partition coefficient (Wildman–Crippen LogP) is 2.40. The van der Waals surface area contributed by atoms with Crippen LogP contribution in [0.1, 0.15) is 17.5 Å². The monoisotopic (exact) mass is 298 g/mol. The average Bonchev–Trinajstić information content (AvgIpc) is 2.84. The van der Waals surface area contributed by atoms with Crippen molar-refractivity contribution in [2.75, 3.05) is 13.1 Å². The minimum absolute atomic E-state index is 0.0581. The number of carboxylic acid groups (broad SMARTS) is 1. The van der Waals surface area contributed by atoms with E-state index >= 15 is 0 Å². The SMILES string of the molecule is N#Cc1cccc(CN2CCC(C(=O)O)(C(F)(F)F)C2)c1. The van der Waals surface area contributed by atoms with Crippen molar-refractivity contribution in [3.05, 3.63) is 35.4 Å². The van der Waals surface area contributed by atoms with Crippen LogP contribution < -0.4 is 0 Å². The first-order valence-electron chi connectivity index (χ1n) is 6.30. The van der Waals surface area contributed by atoms with E-state index in [0.717, 1.165) is 0 Å². The molecule has 1 aliphatic heterocycles. The number of rotatable bonds is 3. The first-order chi connectivity index (χ1) is 9.78. The molecule has 1 fully saturated rings. The highest BCUT2D eigenvalue weighted by atomic mass is 19.4. The summed E-state index contributed by atoms with van der Waals surface area (Å²) >= 11 is 0. The van der Waals surface area contributed by atoms with Crippen LogP contribution in [0, 0.1) is 16.7 Å². The number of likely N-dealkylation sites (tertiary alicyclic amines) is 1. The van der Waals surface area contributed by atoms with Gasteiger partial charge in [-0.25, -0.2) is 0 Å². The molecule has 1 saturated heterocycles. The van der Waals surface area contributed by atoms with Crippen molar-refractivity contribution >= 4 is 5.97 Å². The van der Waals surface area contributed by atoms with Crippen molar-refractivity contribution < 1.29 is 23.1 Å². The van der Waals surface area contributed by atoms with Crippen LogP contribution in [0.4, 0.5) is 13.2 Å². The molecule has 1 N–H and O–H groups in total. The lowest BCUT2D eigenvalue weighted by Crippen LogP contribution is -2.47. The normalized spacial score (nSPS) is 23.0. The first-order valence-corrected chi connectivity index (χ1v) is 6.30. The van der Waals surface area contributed by atoms with Crippen LogP contribution in [0.25, 0.3) is 0 Å². The Hall–Kier alpha value is -2.07. The lowest BCUT2D eigenvalue weighted by Gasteiger charge is -2.27. The lowest BCUT2D eigenvalue weighted by molar-refractivity contribution is -0.227. The summed E-state index contributed by atoms with van der Waals surface area (Å²) in [5.74, 6) is -1.83. The topological polar surface area (TPSA) is 64.3 Å². The van der Waals surface area contributed by atoms with E-state index in [0.29, 0.717) is 11.1 Å². The van der Waals surface area contributed by atoms with Gasteiger partial charge < -0.3 is 5.11 Å². The smallest absolute Gasteiger partial charge is 0.406 e. The Kier molecular flexibility index (Phi) is 3.92. The third-order valence-corrected chi connectivity index (χ3v) is 3.76. The third kappa shape index (κ3) is 2.85. The Morgan fingerprint density at radius 3 is 2.71 bits per heavy atom. The molecule has 0 aliphatic carbocycles. The fourth-order valence-corrected chi connectivity index (χ4v) is 2.55. The number of carboxylic acids is 1. The summed E-state index contributed by atoms with van der Waals surface area (Å²) in [6.07, 6.45) is -5.23. The van der Waals surface area contributed by atoms with Crippen LogP contribution in [0.5, 0.6) is 0 Å². The van der Waals surface area contributed by atoms with Crippen molar-refractivity contribution in [1.29, 1.82) is 5.26 Å². The van der Waals surface area contributed by atoms with E-state index in [1.54, 1.807) is 24.3 Å². The van der Waals surface area contributed by atoms with Gasteiger partial charge in [-0.15, -0.1) is 0 Å². The number of hydrogen-bond acceptors (Lipinski definition) is 3. The largest absolute Gasteiger partial charge is 0.481 e. The number of carbonyl (C=O) groups is 1. The van der Waals surface area contributed by atoms with Gasteiger partial charge in [0.2, 0.25) is 0 Å². The maximum Gasteiger partial charge on any atom is 0.406 e. The van der Waals surface area contributed by atoms with E-state index in [4.69, 9.17) is 10.4 Å². The number of halogens is 3. The van der Waals surface area contributed by atoms with Gasteiger partial charge in [-0.05, 0) is 24.1 Å². The molecule has 1 heterocycles. The number of benzene rings is 1. The van der Waals surface area contributed by atoms with E-state index in [1.165, 1.54) is 4.90 Å². The number of aliphatic carboxylic acids is 1. The van der Waals surface area contributed by atoms with E-state index in [9.17, 15) is 18.0 Å². The molecule has 21 heavy (non-hydrogen) atoms. The fourth-order valence-electron chi connectivity index (χ4n) is 2.55. The molecular weight excluding hydrogens is 285 g/mol. The van der Waals surface area contributed by atoms with E-state index < -0.39 is 30.5 Å². The van der Waals surface area contributed by atoms with E-state index in [-0.39, 0.29) is 13.1 Å². The zero-order valence-corrected chi connectivity index (χ0v) is 11.0. The Morgan fingerprint density at radius 1 is 1.48 bits per heavy atom. The standard InChI is InChI=1S/C14H13F3N2O2/c15-14(16,17)13(12(20)21)4-5-19(9-13)8-11-3-1-2-10(6-11)7-18/h1-3,6H,4-5,8-9H2,(H,20,21). The molecule has 0 bridgehead atoms. The maximum absolute atomic E-state index is 13.0. The molecule has 7 heteroatoms. The summed E-state index contributed by atoms with van der Waals surface area (Å²) in [5.41, 5.74) is -1.58. The summed E-state index contributed by atoms with van der Waals surface area (Å²) < 4.78 is 39.1. The molecular formula is C14H13F3N2O2. The molecule has 0 aromatic heterocycles. The maximum atomic E-state index is 13.0. The summed E-state index contributed by atoms with van der Waals surface area (Å²) in [4.78, 5) is 12.5. The molecule has 1 aromatic carbocycles. The van der Waals surface area contributed by atoms with Gasteiger partial charge in [0.25, 0.3) is 0 Å². The minimum atomic E-state index is -4.78. The van der Waals surface area contributed by atoms with Gasteiger partial charge in [0.15, 0.2) is 5.41 Å². The highest BCUT2D eigenvalue weighted by molar-refractivity contribution is 5.76. The number of nitriles is 1. The van der Waals surface area contributed by atoms with Crippen molar-refractivity contribution in [1.82, 2.24) is 4.90 Å². The minimum Gasteiger partial charge on any atom is -0.481 e. The zero-order chi connectivity index (χ0) is 15.7. The van der Waals surface area contributed by atoms with Gasteiger partial charge in [-0.3, -0.25) is 9.69 Å². The van der Waals surface area contributed by atoms with Crippen LogP contribution in [0.3, 0.4) is 0 Å². The summed E-state index contributed by atoms with van der Waals surface area (Å²) in [5, 5.41) is 17.8. The molecule has 2 rings (SSSR count). The van der Waals surface area contributed by atoms with Crippen molar-refractivity contribution in [3.8, 4) is 6.07 Å². The molecule has 0 saturated carbocycles. The van der Waals surface area contributed by atoms with Gasteiger partial charge in [-0.1, -0.05) is 12.1 Å². The van der Waals surface area contributed by atoms with E-state index in [1.807, 2.05) is 6.07 Å². The Bertz CT molecular complexity index is 595. The first kappa shape index (κ1) is 15.3. The molecule has 0 radical (unpaired) electrons. The highest BCUT2D eigenvalue weighted by Gasteiger charge is 2.63. The lowest BCUT2D eigenvalue weighted by atomic mass is 9.86. The van der Waals surface area contributed by atoms with Crippen LogP contribution in [0.15, 0.2) is 24.3 Å². The second-order valence-corrected chi connectivity index (χ2v) is 5.16.